The first kappa shape index (κ1) is 25.4. The van der Waals surface area contributed by atoms with Gasteiger partial charge >= 0.3 is 5.97 Å². The lowest BCUT2D eigenvalue weighted by Crippen LogP contribution is -2.17. The van der Waals surface area contributed by atoms with Crippen molar-refractivity contribution in [1.29, 1.82) is 0 Å². The van der Waals surface area contributed by atoms with Crippen LogP contribution in [-0.4, -0.2) is 54.0 Å². The van der Waals surface area contributed by atoms with E-state index < -0.39 is 5.97 Å². The molecule has 0 spiro atoms. The quantitative estimate of drug-likeness (QED) is 0.212. The molecule has 0 unspecified atom stereocenters. The third kappa shape index (κ3) is 4.96. The van der Waals surface area contributed by atoms with Crippen molar-refractivity contribution in [2.24, 2.45) is 0 Å². The van der Waals surface area contributed by atoms with Gasteiger partial charge in [-0.1, -0.05) is 72.8 Å². The predicted octanol–water partition coefficient (Wildman–Crippen LogP) is 4.29. The Morgan fingerprint density at radius 3 is 2.40 bits per heavy atom. The number of aromatic nitrogens is 6. The van der Waals surface area contributed by atoms with Crippen molar-refractivity contribution in [1.82, 2.24) is 29.3 Å². The first-order chi connectivity index (χ1) is 19.6. The summed E-state index contributed by atoms with van der Waals surface area (Å²) in [5.74, 6) is -0.131. The fourth-order valence-electron chi connectivity index (χ4n) is 5.17. The van der Waals surface area contributed by atoms with Crippen LogP contribution in [0.2, 0.25) is 0 Å². The van der Waals surface area contributed by atoms with E-state index in [4.69, 9.17) is 4.74 Å². The smallest absolute Gasteiger partial charge is 0.376 e. The topological polar surface area (TPSA) is 120 Å². The molecule has 0 saturated heterocycles. The molecule has 10 heteroatoms. The molecule has 2 aromatic carbocycles. The molecule has 2 N–H and O–H groups in total. The van der Waals surface area contributed by atoms with Crippen molar-refractivity contribution in [3.8, 4) is 0 Å². The molecule has 2 atom stereocenters. The zero-order chi connectivity index (χ0) is 27.5. The van der Waals surface area contributed by atoms with E-state index in [0.717, 1.165) is 23.1 Å². The third-order valence-electron chi connectivity index (χ3n) is 7.24. The van der Waals surface area contributed by atoms with Crippen LogP contribution in [0.3, 0.4) is 0 Å². The number of hydrogen-bond donors (Lipinski definition) is 2. The molecule has 0 saturated carbocycles. The lowest BCUT2D eigenvalue weighted by molar-refractivity contribution is 0.0587. The molecular formula is C30H29N7O3. The normalized spacial score (nSPS) is 16.6. The number of allylic oxidation sites excluding steroid dienone is 2. The van der Waals surface area contributed by atoms with E-state index in [1.807, 2.05) is 51.8 Å². The highest BCUT2D eigenvalue weighted by Crippen LogP contribution is 2.34. The summed E-state index contributed by atoms with van der Waals surface area (Å²) in [6.07, 6.45) is 10.1. The first-order valence-corrected chi connectivity index (χ1v) is 13.1. The molecule has 0 bridgehead atoms. The van der Waals surface area contributed by atoms with Crippen LogP contribution < -0.4 is 5.32 Å². The number of hydrogen-bond acceptors (Lipinski definition) is 8. The Hall–Kier alpha value is -4.83. The Morgan fingerprint density at radius 1 is 1.05 bits per heavy atom. The Bertz CT molecular complexity index is 1610. The number of aliphatic hydroxyl groups excluding tert-OH is 1. The molecule has 10 nitrogen and oxygen atoms in total. The van der Waals surface area contributed by atoms with E-state index in [9.17, 15) is 9.90 Å². The summed E-state index contributed by atoms with van der Waals surface area (Å²) >= 11 is 0. The van der Waals surface area contributed by atoms with E-state index in [1.165, 1.54) is 7.11 Å². The van der Waals surface area contributed by atoms with E-state index in [-0.39, 0.29) is 30.4 Å². The number of methoxy groups -OCH3 is 1. The second-order valence-corrected chi connectivity index (χ2v) is 9.71. The number of aliphatic hydroxyl groups is 1. The number of anilines is 1. The Labute approximate surface area is 231 Å². The average molecular weight is 536 g/mol. The highest BCUT2D eigenvalue weighted by Gasteiger charge is 2.26. The molecule has 202 valence electrons. The SMILES string of the molecule is COC(=O)c1nc(NCC(c2ccccc2)c2ccccc2)c2ncn([C@H]3C=C[C@@H](n4cc(CO)cn4)C3)c2n1. The summed E-state index contributed by atoms with van der Waals surface area (Å²) in [6.45, 7) is 0.482. The van der Waals surface area contributed by atoms with Gasteiger partial charge in [0.05, 0.1) is 38.3 Å². The van der Waals surface area contributed by atoms with Gasteiger partial charge in [-0.15, -0.1) is 0 Å². The molecule has 3 aromatic heterocycles. The summed E-state index contributed by atoms with van der Waals surface area (Å²) < 4.78 is 8.76. The highest BCUT2D eigenvalue weighted by atomic mass is 16.5. The van der Waals surface area contributed by atoms with Gasteiger partial charge in [0.1, 0.15) is 0 Å². The van der Waals surface area contributed by atoms with Gasteiger partial charge in [0.25, 0.3) is 0 Å². The second-order valence-electron chi connectivity index (χ2n) is 9.71. The summed E-state index contributed by atoms with van der Waals surface area (Å²) in [4.78, 5) is 26.3. The summed E-state index contributed by atoms with van der Waals surface area (Å²) in [6, 6.07) is 20.5. The highest BCUT2D eigenvalue weighted by molar-refractivity contribution is 5.91. The van der Waals surface area contributed by atoms with Gasteiger partial charge in [0, 0.05) is 24.2 Å². The maximum atomic E-state index is 12.6. The third-order valence-corrected chi connectivity index (χ3v) is 7.24. The molecule has 6 rings (SSSR count). The number of nitrogens with zero attached hydrogens (tertiary/aromatic N) is 6. The number of esters is 1. The van der Waals surface area contributed by atoms with E-state index in [2.05, 4.69) is 61.8 Å². The van der Waals surface area contributed by atoms with Gasteiger partial charge in [0.15, 0.2) is 17.0 Å². The number of imidazole rings is 1. The minimum atomic E-state index is -0.617. The van der Waals surface area contributed by atoms with Gasteiger partial charge in [-0.2, -0.15) is 5.10 Å². The maximum absolute atomic E-state index is 12.6. The maximum Gasteiger partial charge on any atom is 0.376 e. The molecule has 3 heterocycles. The van der Waals surface area contributed by atoms with Gasteiger partial charge in [0.2, 0.25) is 5.82 Å². The van der Waals surface area contributed by atoms with Crippen LogP contribution in [-0.2, 0) is 11.3 Å². The van der Waals surface area contributed by atoms with Crippen molar-refractivity contribution < 1.29 is 14.6 Å². The number of ether oxygens (including phenoxy) is 1. The molecule has 1 aliphatic carbocycles. The van der Waals surface area contributed by atoms with Crippen LogP contribution in [0.15, 0.2) is 91.5 Å². The number of carbonyl (C=O) groups is 1. The fraction of sp³-hybridized carbons (Fsp3) is 0.233. The van der Waals surface area contributed by atoms with Crippen molar-refractivity contribution >= 4 is 23.0 Å². The van der Waals surface area contributed by atoms with Crippen molar-refractivity contribution in [2.75, 3.05) is 19.0 Å². The first-order valence-electron chi connectivity index (χ1n) is 13.1. The van der Waals surface area contributed by atoms with Crippen LogP contribution in [0, 0.1) is 0 Å². The van der Waals surface area contributed by atoms with Crippen LogP contribution in [0.4, 0.5) is 5.82 Å². The molecule has 0 fully saturated rings. The van der Waals surface area contributed by atoms with E-state index in [1.54, 1.807) is 12.5 Å². The summed E-state index contributed by atoms with van der Waals surface area (Å²) in [5, 5.41) is 17.2. The van der Waals surface area contributed by atoms with Crippen LogP contribution in [0.1, 0.15) is 51.7 Å². The lowest BCUT2D eigenvalue weighted by atomic mass is 9.91. The van der Waals surface area contributed by atoms with Crippen LogP contribution in [0.5, 0.6) is 0 Å². The number of rotatable bonds is 9. The van der Waals surface area contributed by atoms with Crippen LogP contribution >= 0.6 is 0 Å². The van der Waals surface area contributed by atoms with Gasteiger partial charge < -0.3 is 19.7 Å². The Morgan fingerprint density at radius 2 is 1.75 bits per heavy atom. The monoisotopic (exact) mass is 535 g/mol. The zero-order valence-electron chi connectivity index (χ0n) is 22.0. The van der Waals surface area contributed by atoms with Crippen molar-refractivity contribution in [3.63, 3.8) is 0 Å². The average Bonchev–Trinajstić information content (AvgIpc) is 3.77. The fourth-order valence-corrected chi connectivity index (χ4v) is 5.17. The second kappa shape index (κ2) is 11.1. The Balaban J connectivity index is 1.32. The number of nitrogens with one attached hydrogen (secondary N) is 1. The standard InChI is InChI=1S/C30H29N7O3/c1-40-30(39)28-34-27(31-16-25(21-8-4-2-5-9-21)22-10-6-3-7-11-22)26-29(35-28)36(19-32-26)23-12-13-24(14-23)37-17-20(18-38)15-33-37/h2-13,15,17,19,23-25,38H,14,16,18H2,1H3,(H,31,34,35)/t23-,24+/m0/s1. The predicted molar refractivity (Wildman–Crippen MR) is 150 cm³/mol. The summed E-state index contributed by atoms with van der Waals surface area (Å²) in [7, 11) is 1.32. The summed E-state index contributed by atoms with van der Waals surface area (Å²) in [5.41, 5.74) is 4.21. The molecule has 1 aliphatic rings. The van der Waals surface area contributed by atoms with E-state index in [0.29, 0.717) is 23.5 Å². The Kier molecular flexibility index (Phi) is 7.07. The molecule has 5 aromatic rings. The molecule has 40 heavy (non-hydrogen) atoms. The largest absolute Gasteiger partial charge is 0.463 e. The molecular weight excluding hydrogens is 506 g/mol. The lowest BCUT2D eigenvalue weighted by Gasteiger charge is -2.19. The number of fused-ring (bicyclic) bond motifs is 1. The van der Waals surface area contributed by atoms with Crippen LogP contribution in [0.25, 0.3) is 11.2 Å². The van der Waals surface area contributed by atoms with Gasteiger partial charge in [-0.25, -0.2) is 19.7 Å². The minimum absolute atomic E-state index is 0.0276. The molecule has 0 aliphatic heterocycles. The molecule has 0 amide bonds. The number of benzene rings is 2. The number of carbonyl (C=O) groups excluding carboxylic acids is 1. The van der Waals surface area contributed by atoms with Gasteiger partial charge in [-0.3, -0.25) is 4.68 Å². The van der Waals surface area contributed by atoms with Crippen molar-refractivity contribution in [2.45, 2.75) is 31.0 Å². The minimum Gasteiger partial charge on any atom is -0.463 e. The van der Waals surface area contributed by atoms with E-state index >= 15 is 0 Å². The zero-order valence-corrected chi connectivity index (χ0v) is 22.0. The van der Waals surface area contributed by atoms with Crippen molar-refractivity contribution in [3.05, 3.63) is 114 Å². The molecule has 0 radical (unpaired) electrons. The van der Waals surface area contributed by atoms with Gasteiger partial charge in [-0.05, 0) is 17.5 Å².